The van der Waals surface area contributed by atoms with E-state index in [2.05, 4.69) is 5.32 Å². The van der Waals surface area contributed by atoms with Gasteiger partial charge in [-0.2, -0.15) is 13.2 Å². The van der Waals surface area contributed by atoms with Crippen LogP contribution in [0.3, 0.4) is 0 Å². The van der Waals surface area contributed by atoms with Crippen LogP contribution in [0.1, 0.15) is 16.1 Å². The van der Waals surface area contributed by atoms with Crippen LogP contribution in [0.5, 0.6) is 5.75 Å². The number of phenolic OH excluding ortho intramolecular Hbond substituents is 1. The topological polar surface area (TPSA) is 54.3 Å². The van der Waals surface area contributed by atoms with Crippen LogP contribution in [-0.2, 0) is 6.54 Å². The number of amides is 1. The fourth-order valence-electron chi connectivity index (χ4n) is 1.83. The molecule has 2 aromatic rings. The van der Waals surface area contributed by atoms with Gasteiger partial charge in [0, 0.05) is 18.0 Å². The summed E-state index contributed by atoms with van der Waals surface area (Å²) in [5, 5.41) is 12.0. The van der Waals surface area contributed by atoms with Gasteiger partial charge in [0.05, 0.1) is 0 Å². The first kappa shape index (κ1) is 15.0. The molecule has 0 bridgehead atoms. The summed E-state index contributed by atoms with van der Waals surface area (Å²) in [6, 6.07) is 7.16. The van der Waals surface area contributed by atoms with Gasteiger partial charge in [-0.1, -0.05) is 6.07 Å². The Balaban J connectivity index is 2.17. The number of nitrogens with zero attached hydrogens (tertiary/aromatic N) is 1. The van der Waals surface area contributed by atoms with Crippen LogP contribution < -0.4 is 5.32 Å². The summed E-state index contributed by atoms with van der Waals surface area (Å²) in [7, 11) is 0. The van der Waals surface area contributed by atoms with Gasteiger partial charge in [0.2, 0.25) is 0 Å². The molecule has 0 spiro atoms. The summed E-state index contributed by atoms with van der Waals surface area (Å²) >= 11 is 0. The number of alkyl halides is 3. The molecule has 0 radical (unpaired) electrons. The number of aromatic hydroxyl groups is 1. The average molecular weight is 298 g/mol. The third-order valence-corrected chi connectivity index (χ3v) is 2.88. The summed E-state index contributed by atoms with van der Waals surface area (Å²) in [5.74, 6) is -0.675. The predicted molar refractivity (Wildman–Crippen MR) is 71.3 cm³/mol. The van der Waals surface area contributed by atoms with Crippen molar-refractivity contribution in [2.75, 3.05) is 5.32 Å². The van der Waals surface area contributed by atoms with Gasteiger partial charge >= 0.3 is 6.18 Å². The van der Waals surface area contributed by atoms with E-state index in [1.54, 1.807) is 19.1 Å². The van der Waals surface area contributed by atoms with Crippen molar-refractivity contribution in [3.8, 4) is 5.75 Å². The third-order valence-electron chi connectivity index (χ3n) is 2.88. The highest BCUT2D eigenvalue weighted by Crippen LogP contribution is 2.22. The molecule has 21 heavy (non-hydrogen) atoms. The van der Waals surface area contributed by atoms with Crippen LogP contribution in [0.4, 0.5) is 18.9 Å². The molecule has 4 nitrogen and oxygen atoms in total. The summed E-state index contributed by atoms with van der Waals surface area (Å²) in [6.07, 6.45) is -3.22. The summed E-state index contributed by atoms with van der Waals surface area (Å²) in [6.45, 7) is 0.456. The molecule has 0 saturated heterocycles. The average Bonchev–Trinajstić information content (AvgIpc) is 2.79. The first-order valence-electron chi connectivity index (χ1n) is 6.09. The molecule has 0 aliphatic heterocycles. The van der Waals surface area contributed by atoms with E-state index in [1.807, 2.05) is 0 Å². The molecule has 0 unspecified atom stereocenters. The maximum Gasteiger partial charge on any atom is 0.406 e. The van der Waals surface area contributed by atoms with Crippen molar-refractivity contribution < 1.29 is 23.1 Å². The lowest BCUT2D eigenvalue weighted by Gasteiger charge is -2.12. The molecule has 2 N–H and O–H groups in total. The SMILES string of the molecule is Cc1ccc(NC(=O)c2cccn2CC(F)(F)F)cc1O. The van der Waals surface area contributed by atoms with Crippen LogP contribution in [0, 0.1) is 6.92 Å². The van der Waals surface area contributed by atoms with E-state index in [0.717, 1.165) is 4.57 Å². The van der Waals surface area contributed by atoms with Gasteiger partial charge in [-0.05, 0) is 30.7 Å². The van der Waals surface area contributed by atoms with Crippen molar-refractivity contribution in [3.63, 3.8) is 0 Å². The first-order chi connectivity index (χ1) is 9.76. The maximum absolute atomic E-state index is 12.4. The van der Waals surface area contributed by atoms with Crippen LogP contribution in [0.2, 0.25) is 0 Å². The van der Waals surface area contributed by atoms with E-state index >= 15 is 0 Å². The minimum absolute atomic E-state index is 0.00141. The molecule has 112 valence electrons. The summed E-state index contributed by atoms with van der Waals surface area (Å²) < 4.78 is 38.0. The lowest BCUT2D eigenvalue weighted by molar-refractivity contribution is -0.140. The monoisotopic (exact) mass is 298 g/mol. The number of nitrogens with one attached hydrogen (secondary N) is 1. The van der Waals surface area contributed by atoms with Crippen molar-refractivity contribution >= 4 is 11.6 Å². The molecule has 1 aromatic carbocycles. The highest BCUT2D eigenvalue weighted by molar-refractivity contribution is 6.03. The normalized spacial score (nSPS) is 11.4. The number of benzene rings is 1. The quantitative estimate of drug-likeness (QED) is 0.913. The molecule has 0 aliphatic rings. The smallest absolute Gasteiger partial charge is 0.406 e. The van der Waals surface area contributed by atoms with E-state index in [1.165, 1.54) is 24.4 Å². The second-order valence-corrected chi connectivity index (χ2v) is 4.59. The largest absolute Gasteiger partial charge is 0.508 e. The molecule has 1 aromatic heterocycles. The number of phenols is 1. The molecule has 1 amide bonds. The number of rotatable bonds is 3. The number of hydrogen-bond acceptors (Lipinski definition) is 2. The third kappa shape index (κ3) is 3.77. The highest BCUT2D eigenvalue weighted by Gasteiger charge is 2.29. The Morgan fingerprint density at radius 1 is 1.33 bits per heavy atom. The van der Waals surface area contributed by atoms with Gasteiger partial charge in [0.25, 0.3) is 5.91 Å². The number of anilines is 1. The van der Waals surface area contributed by atoms with E-state index in [-0.39, 0.29) is 11.4 Å². The first-order valence-corrected chi connectivity index (χ1v) is 6.09. The summed E-state index contributed by atoms with van der Waals surface area (Å²) in [5.41, 5.74) is 0.837. The zero-order chi connectivity index (χ0) is 15.6. The van der Waals surface area contributed by atoms with Gasteiger partial charge < -0.3 is 15.0 Å². The van der Waals surface area contributed by atoms with E-state index in [0.29, 0.717) is 11.3 Å². The molecule has 0 saturated carbocycles. The molecular formula is C14H13F3N2O2. The van der Waals surface area contributed by atoms with Gasteiger partial charge in [0.15, 0.2) is 0 Å². The van der Waals surface area contributed by atoms with E-state index < -0.39 is 18.6 Å². The number of halogens is 3. The lowest BCUT2D eigenvalue weighted by Crippen LogP contribution is -2.23. The Morgan fingerprint density at radius 2 is 2.05 bits per heavy atom. The Morgan fingerprint density at radius 3 is 2.67 bits per heavy atom. The van der Waals surface area contributed by atoms with Gasteiger partial charge in [0.1, 0.15) is 18.0 Å². The van der Waals surface area contributed by atoms with E-state index in [4.69, 9.17) is 0 Å². The zero-order valence-electron chi connectivity index (χ0n) is 11.1. The maximum atomic E-state index is 12.4. The predicted octanol–water partition coefficient (Wildman–Crippen LogP) is 3.32. The van der Waals surface area contributed by atoms with Crippen LogP contribution in [0.25, 0.3) is 0 Å². The number of aryl methyl sites for hydroxylation is 1. The Hall–Kier alpha value is -2.44. The number of hydrogen-bond donors (Lipinski definition) is 2. The van der Waals surface area contributed by atoms with Crippen LogP contribution in [-0.4, -0.2) is 21.8 Å². The fraction of sp³-hybridized carbons (Fsp3) is 0.214. The minimum atomic E-state index is -4.41. The van der Waals surface area contributed by atoms with Crippen molar-refractivity contribution in [1.82, 2.24) is 4.57 Å². The number of aromatic nitrogens is 1. The van der Waals surface area contributed by atoms with Crippen molar-refractivity contribution in [3.05, 3.63) is 47.8 Å². The van der Waals surface area contributed by atoms with Crippen LogP contribution >= 0.6 is 0 Å². The molecule has 0 fully saturated rings. The fourth-order valence-corrected chi connectivity index (χ4v) is 1.83. The number of carbonyl (C=O) groups excluding carboxylic acids is 1. The molecule has 0 atom stereocenters. The molecule has 0 aliphatic carbocycles. The molecular weight excluding hydrogens is 285 g/mol. The molecule has 2 rings (SSSR count). The highest BCUT2D eigenvalue weighted by atomic mass is 19.4. The zero-order valence-corrected chi connectivity index (χ0v) is 11.1. The summed E-state index contributed by atoms with van der Waals surface area (Å²) in [4.78, 5) is 12.0. The standard InChI is InChI=1S/C14H13F3N2O2/c1-9-4-5-10(7-12(9)20)18-13(21)11-3-2-6-19(11)8-14(15,16)17/h2-7,20H,8H2,1H3,(H,18,21). The van der Waals surface area contributed by atoms with Gasteiger partial charge in [-0.3, -0.25) is 4.79 Å². The van der Waals surface area contributed by atoms with Crippen molar-refractivity contribution in [1.29, 1.82) is 0 Å². The molecule has 1 heterocycles. The Kier molecular flexibility index (Phi) is 3.93. The second kappa shape index (κ2) is 5.51. The Bertz CT molecular complexity index is 662. The van der Waals surface area contributed by atoms with Crippen LogP contribution in [0.15, 0.2) is 36.5 Å². The van der Waals surface area contributed by atoms with Gasteiger partial charge in [-0.25, -0.2) is 0 Å². The van der Waals surface area contributed by atoms with Crippen molar-refractivity contribution in [2.24, 2.45) is 0 Å². The molecule has 7 heteroatoms. The van der Waals surface area contributed by atoms with Gasteiger partial charge in [-0.15, -0.1) is 0 Å². The Labute approximate surface area is 118 Å². The lowest BCUT2D eigenvalue weighted by atomic mass is 10.2. The number of carbonyl (C=O) groups is 1. The second-order valence-electron chi connectivity index (χ2n) is 4.59. The van der Waals surface area contributed by atoms with Crippen molar-refractivity contribution in [2.45, 2.75) is 19.6 Å². The minimum Gasteiger partial charge on any atom is -0.508 e. The van der Waals surface area contributed by atoms with E-state index in [9.17, 15) is 23.1 Å².